The number of carboxylic acid groups (broad SMARTS) is 1. The summed E-state index contributed by atoms with van der Waals surface area (Å²) in [7, 11) is 1.89. The molecule has 1 amide bonds. The van der Waals surface area contributed by atoms with Crippen molar-refractivity contribution >= 4 is 11.9 Å². The van der Waals surface area contributed by atoms with E-state index in [0.29, 0.717) is 25.3 Å². The topological polar surface area (TPSA) is 60.9 Å². The van der Waals surface area contributed by atoms with E-state index in [0.717, 1.165) is 32.5 Å². The molecule has 1 aliphatic heterocycles. The van der Waals surface area contributed by atoms with Gasteiger partial charge in [0.1, 0.15) is 0 Å². The molecule has 5 nitrogen and oxygen atoms in total. The molecule has 0 unspecified atom stereocenters. The number of unbranched alkanes of at least 4 members (excludes halogenated alkanes) is 1. The Morgan fingerprint density at radius 3 is 2.35 bits per heavy atom. The van der Waals surface area contributed by atoms with Crippen LogP contribution in [0.4, 0.5) is 0 Å². The van der Waals surface area contributed by atoms with Crippen LogP contribution in [-0.4, -0.2) is 59.5 Å². The van der Waals surface area contributed by atoms with Crippen LogP contribution < -0.4 is 0 Å². The lowest BCUT2D eigenvalue weighted by Crippen LogP contribution is -2.45. The number of rotatable bonds is 8. The van der Waals surface area contributed by atoms with Gasteiger partial charge in [0, 0.05) is 39.0 Å². The molecule has 0 atom stereocenters. The smallest absolute Gasteiger partial charge is 0.303 e. The van der Waals surface area contributed by atoms with Crippen molar-refractivity contribution in [1.29, 1.82) is 0 Å². The normalized spacial score (nSPS) is 17.1. The van der Waals surface area contributed by atoms with E-state index in [4.69, 9.17) is 5.11 Å². The number of carboxylic acids is 1. The average Bonchev–Trinajstić information content (AvgIpc) is 2.43. The molecule has 0 aromatic carbocycles. The first-order valence-corrected chi connectivity index (χ1v) is 7.74. The minimum absolute atomic E-state index is 0.157. The van der Waals surface area contributed by atoms with Crippen molar-refractivity contribution in [2.45, 2.75) is 57.9 Å². The van der Waals surface area contributed by atoms with Crippen LogP contribution in [0, 0.1) is 0 Å². The molecule has 0 aliphatic carbocycles. The summed E-state index contributed by atoms with van der Waals surface area (Å²) < 4.78 is 0. The molecule has 0 bridgehead atoms. The summed E-state index contributed by atoms with van der Waals surface area (Å²) in [6.45, 7) is 5.50. The van der Waals surface area contributed by atoms with Gasteiger partial charge in [0.2, 0.25) is 5.91 Å². The number of carbonyl (C=O) groups is 2. The molecule has 1 aliphatic rings. The number of piperidine rings is 1. The third-order valence-corrected chi connectivity index (χ3v) is 4.07. The Kier molecular flexibility index (Phi) is 7.59. The van der Waals surface area contributed by atoms with Crippen LogP contribution in [0.5, 0.6) is 0 Å². The summed E-state index contributed by atoms with van der Waals surface area (Å²) in [4.78, 5) is 26.8. The van der Waals surface area contributed by atoms with Crippen molar-refractivity contribution in [3.05, 3.63) is 0 Å². The first-order valence-electron chi connectivity index (χ1n) is 7.74. The molecule has 1 fully saturated rings. The monoisotopic (exact) mass is 284 g/mol. The zero-order chi connectivity index (χ0) is 15.0. The highest BCUT2D eigenvalue weighted by molar-refractivity contribution is 5.76. The number of likely N-dealkylation sites (tertiary alicyclic amines) is 1. The van der Waals surface area contributed by atoms with E-state index in [9.17, 15) is 9.59 Å². The highest BCUT2D eigenvalue weighted by Gasteiger charge is 2.24. The van der Waals surface area contributed by atoms with Gasteiger partial charge in [0.25, 0.3) is 0 Å². The van der Waals surface area contributed by atoms with Gasteiger partial charge in [-0.15, -0.1) is 0 Å². The zero-order valence-electron chi connectivity index (χ0n) is 12.8. The quantitative estimate of drug-likeness (QED) is 0.692. The van der Waals surface area contributed by atoms with Crippen LogP contribution >= 0.6 is 0 Å². The van der Waals surface area contributed by atoms with Gasteiger partial charge in [-0.05, 0) is 38.6 Å². The number of hydrogen-bond acceptors (Lipinski definition) is 3. The number of nitrogens with zero attached hydrogens (tertiary/aromatic N) is 2. The van der Waals surface area contributed by atoms with Gasteiger partial charge in [-0.1, -0.05) is 6.92 Å². The third kappa shape index (κ3) is 5.90. The largest absolute Gasteiger partial charge is 0.481 e. The van der Waals surface area contributed by atoms with Gasteiger partial charge in [-0.3, -0.25) is 9.59 Å². The van der Waals surface area contributed by atoms with Gasteiger partial charge < -0.3 is 14.9 Å². The number of hydrogen-bond donors (Lipinski definition) is 1. The maximum absolute atomic E-state index is 12.1. The number of carbonyl (C=O) groups excluding carboxylic acids is 1. The second-order valence-corrected chi connectivity index (χ2v) is 5.68. The molecule has 116 valence electrons. The Balaban J connectivity index is 2.22. The van der Waals surface area contributed by atoms with E-state index >= 15 is 0 Å². The molecule has 0 radical (unpaired) electrons. The second-order valence-electron chi connectivity index (χ2n) is 5.68. The van der Waals surface area contributed by atoms with Crippen LogP contribution in [0.15, 0.2) is 0 Å². The predicted octanol–water partition coefficient (Wildman–Crippen LogP) is 1.96. The van der Waals surface area contributed by atoms with Crippen LogP contribution in [0.25, 0.3) is 0 Å². The summed E-state index contributed by atoms with van der Waals surface area (Å²) in [6, 6.07) is 0.357. The van der Waals surface area contributed by atoms with Gasteiger partial charge in [0.15, 0.2) is 0 Å². The van der Waals surface area contributed by atoms with Crippen molar-refractivity contribution in [2.75, 3.05) is 26.7 Å². The molecular formula is C15H28N2O3. The molecular weight excluding hydrogens is 256 g/mol. The molecule has 0 saturated carbocycles. The molecule has 1 saturated heterocycles. The van der Waals surface area contributed by atoms with E-state index in [1.807, 2.05) is 11.9 Å². The van der Waals surface area contributed by atoms with E-state index in [2.05, 4.69) is 11.8 Å². The van der Waals surface area contributed by atoms with Crippen molar-refractivity contribution in [3.8, 4) is 0 Å². The maximum atomic E-state index is 12.1. The van der Waals surface area contributed by atoms with Crippen molar-refractivity contribution < 1.29 is 14.7 Å². The first kappa shape index (κ1) is 17.0. The minimum atomic E-state index is -0.783. The lowest BCUT2D eigenvalue weighted by Gasteiger charge is -2.36. The number of amides is 1. The molecule has 1 heterocycles. The fraction of sp³-hybridized carbons (Fsp3) is 0.867. The highest BCUT2D eigenvalue weighted by atomic mass is 16.4. The van der Waals surface area contributed by atoms with E-state index < -0.39 is 5.97 Å². The van der Waals surface area contributed by atoms with Crippen LogP contribution in [0.1, 0.15) is 51.9 Å². The van der Waals surface area contributed by atoms with Crippen molar-refractivity contribution in [1.82, 2.24) is 9.80 Å². The standard InChI is InChI=1S/C15H28N2O3/c1-3-10-17-11-8-13(9-12-17)16(2)14(18)6-4-5-7-15(19)20/h13H,3-12H2,1-2H3,(H,19,20). The molecule has 0 aromatic heterocycles. The second kappa shape index (κ2) is 8.95. The fourth-order valence-electron chi connectivity index (χ4n) is 2.78. The lowest BCUT2D eigenvalue weighted by atomic mass is 10.0. The Hall–Kier alpha value is -1.10. The van der Waals surface area contributed by atoms with E-state index in [-0.39, 0.29) is 12.3 Å². The highest BCUT2D eigenvalue weighted by Crippen LogP contribution is 2.17. The number of aliphatic carboxylic acids is 1. The average molecular weight is 284 g/mol. The van der Waals surface area contributed by atoms with E-state index in [1.165, 1.54) is 6.42 Å². The fourth-order valence-corrected chi connectivity index (χ4v) is 2.78. The molecule has 5 heteroatoms. The van der Waals surface area contributed by atoms with Gasteiger partial charge >= 0.3 is 5.97 Å². The molecule has 1 N–H and O–H groups in total. The zero-order valence-corrected chi connectivity index (χ0v) is 12.8. The maximum Gasteiger partial charge on any atom is 0.303 e. The molecule has 0 aromatic rings. The summed E-state index contributed by atoms with van der Waals surface area (Å²) in [5.41, 5.74) is 0. The lowest BCUT2D eigenvalue weighted by molar-refractivity contribution is -0.138. The van der Waals surface area contributed by atoms with Crippen LogP contribution in [-0.2, 0) is 9.59 Å². The van der Waals surface area contributed by atoms with Crippen LogP contribution in [0.3, 0.4) is 0 Å². The summed E-state index contributed by atoms with van der Waals surface area (Å²) in [6.07, 6.45) is 5.18. The van der Waals surface area contributed by atoms with Crippen LogP contribution in [0.2, 0.25) is 0 Å². The molecule has 0 spiro atoms. The Morgan fingerprint density at radius 2 is 1.80 bits per heavy atom. The third-order valence-electron chi connectivity index (χ3n) is 4.07. The SMILES string of the molecule is CCCN1CCC(N(C)C(=O)CCCCC(=O)O)CC1. The van der Waals surface area contributed by atoms with Gasteiger partial charge in [-0.2, -0.15) is 0 Å². The summed E-state index contributed by atoms with van der Waals surface area (Å²) in [5, 5.41) is 8.56. The van der Waals surface area contributed by atoms with E-state index in [1.54, 1.807) is 0 Å². The van der Waals surface area contributed by atoms with Gasteiger partial charge in [0.05, 0.1) is 0 Å². The predicted molar refractivity (Wildman–Crippen MR) is 78.6 cm³/mol. The molecule has 20 heavy (non-hydrogen) atoms. The summed E-state index contributed by atoms with van der Waals surface area (Å²) in [5.74, 6) is -0.626. The minimum Gasteiger partial charge on any atom is -0.481 e. The van der Waals surface area contributed by atoms with Gasteiger partial charge in [-0.25, -0.2) is 0 Å². The Labute approximate surface area is 121 Å². The first-order chi connectivity index (χ1) is 9.54. The molecule has 1 rings (SSSR count). The summed E-state index contributed by atoms with van der Waals surface area (Å²) >= 11 is 0. The Bertz CT molecular complexity index is 312. The Morgan fingerprint density at radius 1 is 1.20 bits per heavy atom. The van der Waals surface area contributed by atoms with Crippen molar-refractivity contribution in [3.63, 3.8) is 0 Å². The van der Waals surface area contributed by atoms with Crippen molar-refractivity contribution in [2.24, 2.45) is 0 Å².